The zero-order valence-corrected chi connectivity index (χ0v) is 12.5. The summed E-state index contributed by atoms with van der Waals surface area (Å²) in [5.74, 6) is 2.24. The largest absolute Gasteiger partial charge is 0.463 e. The van der Waals surface area contributed by atoms with E-state index in [0.717, 1.165) is 31.2 Å². The van der Waals surface area contributed by atoms with Crippen molar-refractivity contribution in [3.05, 3.63) is 23.2 Å². The number of aryl methyl sites for hydroxylation is 1. The molecule has 2 rings (SSSR count). The maximum atomic E-state index is 6.00. The van der Waals surface area contributed by atoms with Crippen LogP contribution in [0.4, 0.5) is 0 Å². The fourth-order valence-corrected chi connectivity index (χ4v) is 2.74. The topological polar surface area (TPSA) is 28.4 Å². The fraction of sp³-hybridized carbons (Fsp3) is 0.750. The Labute approximate surface area is 117 Å². The highest BCUT2D eigenvalue weighted by Crippen LogP contribution is 2.18. The molecule has 0 unspecified atom stereocenters. The molecule has 1 saturated heterocycles. The highest BCUT2D eigenvalue weighted by Gasteiger charge is 2.13. The van der Waals surface area contributed by atoms with Crippen molar-refractivity contribution in [1.29, 1.82) is 0 Å². The van der Waals surface area contributed by atoms with E-state index in [9.17, 15) is 0 Å². The Balaban J connectivity index is 1.87. The first-order valence-electron chi connectivity index (χ1n) is 7.81. The number of furan rings is 1. The van der Waals surface area contributed by atoms with E-state index in [-0.39, 0.29) is 0 Å². The van der Waals surface area contributed by atoms with Crippen LogP contribution in [-0.2, 0) is 13.1 Å². The van der Waals surface area contributed by atoms with E-state index in [1.54, 1.807) is 0 Å². The van der Waals surface area contributed by atoms with Crippen LogP contribution in [0, 0.1) is 6.92 Å². The van der Waals surface area contributed by atoms with Crippen molar-refractivity contribution in [1.82, 2.24) is 10.2 Å². The molecule has 1 aliphatic heterocycles. The van der Waals surface area contributed by atoms with E-state index >= 15 is 0 Å². The molecule has 3 nitrogen and oxygen atoms in total. The van der Waals surface area contributed by atoms with Gasteiger partial charge in [0.15, 0.2) is 0 Å². The SMILES string of the molecule is CCCNCc1oc(CN2CCCCCC2)cc1C. The van der Waals surface area contributed by atoms with Crippen LogP contribution in [0.25, 0.3) is 0 Å². The van der Waals surface area contributed by atoms with Gasteiger partial charge in [0.2, 0.25) is 0 Å². The van der Waals surface area contributed by atoms with Crippen molar-refractivity contribution < 1.29 is 4.42 Å². The second-order valence-corrected chi connectivity index (χ2v) is 5.69. The minimum atomic E-state index is 0.861. The van der Waals surface area contributed by atoms with Gasteiger partial charge < -0.3 is 9.73 Å². The van der Waals surface area contributed by atoms with Gasteiger partial charge in [-0.15, -0.1) is 0 Å². The van der Waals surface area contributed by atoms with Crippen molar-refractivity contribution in [2.24, 2.45) is 0 Å². The zero-order chi connectivity index (χ0) is 13.5. The van der Waals surface area contributed by atoms with Gasteiger partial charge in [0.05, 0.1) is 13.1 Å². The molecular formula is C16H28N2O. The smallest absolute Gasteiger partial charge is 0.120 e. The van der Waals surface area contributed by atoms with E-state index in [2.05, 4.69) is 30.1 Å². The predicted octanol–water partition coefficient (Wildman–Crippen LogP) is 3.46. The average Bonchev–Trinajstić information content (AvgIpc) is 2.61. The summed E-state index contributed by atoms with van der Waals surface area (Å²) < 4.78 is 6.00. The summed E-state index contributed by atoms with van der Waals surface area (Å²) in [5, 5.41) is 3.41. The third-order valence-corrected chi connectivity index (χ3v) is 3.86. The number of rotatable bonds is 6. The van der Waals surface area contributed by atoms with E-state index in [1.165, 1.54) is 50.8 Å². The molecule has 0 bridgehead atoms. The summed E-state index contributed by atoms with van der Waals surface area (Å²) in [5.41, 5.74) is 1.29. The van der Waals surface area contributed by atoms with Gasteiger partial charge in [-0.1, -0.05) is 19.8 Å². The summed E-state index contributed by atoms with van der Waals surface area (Å²) in [6.45, 7) is 9.69. The molecule has 0 aromatic carbocycles. The van der Waals surface area contributed by atoms with Gasteiger partial charge in [-0.05, 0) is 57.5 Å². The van der Waals surface area contributed by atoms with Crippen LogP contribution in [0.1, 0.15) is 56.1 Å². The number of likely N-dealkylation sites (tertiary alicyclic amines) is 1. The molecule has 3 heteroatoms. The van der Waals surface area contributed by atoms with Crippen LogP contribution < -0.4 is 5.32 Å². The summed E-state index contributed by atoms with van der Waals surface area (Å²) in [7, 11) is 0. The molecule has 1 aromatic rings. The summed E-state index contributed by atoms with van der Waals surface area (Å²) in [6.07, 6.45) is 6.62. The lowest BCUT2D eigenvalue weighted by Crippen LogP contribution is -2.23. The molecule has 1 aromatic heterocycles. The van der Waals surface area contributed by atoms with E-state index in [1.807, 2.05) is 0 Å². The van der Waals surface area contributed by atoms with Crippen molar-refractivity contribution >= 4 is 0 Å². The molecular weight excluding hydrogens is 236 g/mol. The van der Waals surface area contributed by atoms with Crippen LogP contribution >= 0.6 is 0 Å². The van der Waals surface area contributed by atoms with Gasteiger partial charge in [0, 0.05) is 0 Å². The summed E-state index contributed by atoms with van der Waals surface area (Å²) >= 11 is 0. The van der Waals surface area contributed by atoms with Gasteiger partial charge in [0.25, 0.3) is 0 Å². The maximum absolute atomic E-state index is 6.00. The van der Waals surface area contributed by atoms with Gasteiger partial charge in [-0.2, -0.15) is 0 Å². The van der Waals surface area contributed by atoms with Crippen molar-refractivity contribution in [3.63, 3.8) is 0 Å². The Morgan fingerprint density at radius 1 is 1.21 bits per heavy atom. The predicted molar refractivity (Wildman–Crippen MR) is 79.2 cm³/mol. The Kier molecular flexibility index (Phi) is 5.93. The first-order chi connectivity index (χ1) is 9.29. The Morgan fingerprint density at radius 2 is 1.95 bits per heavy atom. The lowest BCUT2D eigenvalue weighted by molar-refractivity contribution is 0.250. The molecule has 0 spiro atoms. The third kappa shape index (κ3) is 4.66. The van der Waals surface area contributed by atoms with E-state index < -0.39 is 0 Å². The van der Waals surface area contributed by atoms with Gasteiger partial charge in [0.1, 0.15) is 11.5 Å². The molecule has 0 aliphatic carbocycles. The first kappa shape index (κ1) is 14.6. The fourth-order valence-electron chi connectivity index (χ4n) is 2.74. The molecule has 0 radical (unpaired) electrons. The van der Waals surface area contributed by atoms with Crippen LogP contribution in [0.3, 0.4) is 0 Å². The van der Waals surface area contributed by atoms with Crippen LogP contribution in [0.2, 0.25) is 0 Å². The minimum Gasteiger partial charge on any atom is -0.463 e. The summed E-state index contributed by atoms with van der Waals surface area (Å²) in [4.78, 5) is 2.54. The van der Waals surface area contributed by atoms with Gasteiger partial charge in [-0.3, -0.25) is 4.90 Å². The molecule has 19 heavy (non-hydrogen) atoms. The summed E-state index contributed by atoms with van der Waals surface area (Å²) in [6, 6.07) is 2.22. The molecule has 0 saturated carbocycles. The number of hydrogen-bond donors (Lipinski definition) is 1. The highest BCUT2D eigenvalue weighted by atomic mass is 16.3. The highest BCUT2D eigenvalue weighted by molar-refractivity contribution is 5.20. The third-order valence-electron chi connectivity index (χ3n) is 3.86. The Bertz CT molecular complexity index is 365. The van der Waals surface area contributed by atoms with Gasteiger partial charge in [-0.25, -0.2) is 0 Å². The maximum Gasteiger partial charge on any atom is 0.120 e. The molecule has 2 heterocycles. The normalized spacial score (nSPS) is 17.6. The molecule has 0 atom stereocenters. The van der Waals surface area contributed by atoms with Crippen LogP contribution in [0.5, 0.6) is 0 Å². The van der Waals surface area contributed by atoms with Crippen molar-refractivity contribution in [2.75, 3.05) is 19.6 Å². The Hall–Kier alpha value is -0.800. The number of hydrogen-bond acceptors (Lipinski definition) is 3. The van der Waals surface area contributed by atoms with E-state index in [4.69, 9.17) is 4.42 Å². The number of nitrogens with zero attached hydrogens (tertiary/aromatic N) is 1. The Morgan fingerprint density at radius 3 is 2.63 bits per heavy atom. The molecule has 0 amide bonds. The second-order valence-electron chi connectivity index (χ2n) is 5.69. The van der Waals surface area contributed by atoms with Crippen molar-refractivity contribution in [3.8, 4) is 0 Å². The monoisotopic (exact) mass is 264 g/mol. The number of nitrogens with one attached hydrogen (secondary N) is 1. The standard InChI is InChI=1S/C16H28N2O/c1-3-8-17-12-16-14(2)11-15(19-16)13-18-9-6-4-5-7-10-18/h11,17H,3-10,12-13H2,1-2H3. The lowest BCUT2D eigenvalue weighted by atomic mass is 10.2. The quantitative estimate of drug-likeness (QED) is 0.798. The molecule has 108 valence electrons. The minimum absolute atomic E-state index is 0.861. The molecule has 1 aliphatic rings. The van der Waals surface area contributed by atoms with Crippen LogP contribution in [-0.4, -0.2) is 24.5 Å². The van der Waals surface area contributed by atoms with Gasteiger partial charge >= 0.3 is 0 Å². The molecule has 1 N–H and O–H groups in total. The van der Waals surface area contributed by atoms with E-state index in [0.29, 0.717) is 0 Å². The second kappa shape index (κ2) is 7.71. The molecule has 1 fully saturated rings. The zero-order valence-electron chi connectivity index (χ0n) is 12.5. The average molecular weight is 264 g/mol. The lowest BCUT2D eigenvalue weighted by Gasteiger charge is -2.17. The van der Waals surface area contributed by atoms with Crippen LogP contribution in [0.15, 0.2) is 10.5 Å². The first-order valence-corrected chi connectivity index (χ1v) is 7.81. The van der Waals surface area contributed by atoms with Crippen molar-refractivity contribution in [2.45, 2.75) is 59.0 Å².